The number of ether oxygens (including phenoxy) is 1. The van der Waals surface area contributed by atoms with Crippen LogP contribution in [-0.2, 0) is 4.74 Å². The van der Waals surface area contributed by atoms with Gasteiger partial charge in [0.25, 0.3) is 0 Å². The van der Waals surface area contributed by atoms with Gasteiger partial charge in [-0.3, -0.25) is 4.79 Å². The van der Waals surface area contributed by atoms with E-state index in [1.54, 1.807) is 31.2 Å². The third-order valence-corrected chi connectivity index (χ3v) is 4.51. The molecule has 0 aliphatic rings. The molecule has 0 atom stereocenters. The summed E-state index contributed by atoms with van der Waals surface area (Å²) in [6, 6.07) is 26.8. The Balaban J connectivity index is 1.82. The maximum absolute atomic E-state index is 12.9. The molecule has 0 saturated carbocycles. The Kier molecular flexibility index (Phi) is 6.16. The van der Waals surface area contributed by atoms with Crippen LogP contribution in [0.3, 0.4) is 0 Å². The number of hydrogen-bond donors (Lipinski definition) is 0. The van der Waals surface area contributed by atoms with Gasteiger partial charge in [-0.1, -0.05) is 72.8 Å². The third kappa shape index (κ3) is 4.70. The van der Waals surface area contributed by atoms with Crippen molar-refractivity contribution in [3.05, 3.63) is 107 Å². The lowest BCUT2D eigenvalue weighted by atomic mass is 9.86. The quantitative estimate of drug-likeness (QED) is 0.427. The minimum Gasteiger partial charge on any atom is -0.462 e. The molecular weight excluding hydrogens is 336 g/mol. The number of hydrogen-bond acceptors (Lipinski definition) is 3. The Morgan fingerprint density at radius 2 is 1.22 bits per heavy atom. The SMILES string of the molecule is CCOC(=O)c1ccc(C(=O)CC(c2ccccc2)c2ccccc2)cc1. The largest absolute Gasteiger partial charge is 0.462 e. The van der Waals surface area contributed by atoms with Crippen LogP contribution in [0, 0.1) is 0 Å². The molecule has 0 radical (unpaired) electrons. The summed E-state index contributed by atoms with van der Waals surface area (Å²) in [6.45, 7) is 2.10. The van der Waals surface area contributed by atoms with E-state index in [9.17, 15) is 9.59 Å². The van der Waals surface area contributed by atoms with Crippen LogP contribution in [0.4, 0.5) is 0 Å². The number of Topliss-reactive ketones (excluding diaryl/α,β-unsaturated/α-hetero) is 1. The highest BCUT2D eigenvalue weighted by Gasteiger charge is 2.19. The molecule has 0 amide bonds. The molecule has 0 heterocycles. The predicted octanol–water partition coefficient (Wildman–Crippen LogP) is 5.27. The average Bonchev–Trinajstić information content (AvgIpc) is 2.73. The van der Waals surface area contributed by atoms with Crippen molar-refractivity contribution in [2.24, 2.45) is 0 Å². The van der Waals surface area contributed by atoms with Gasteiger partial charge in [-0.05, 0) is 30.2 Å². The number of ketones is 1. The first kappa shape index (κ1) is 18.6. The molecule has 0 aliphatic heterocycles. The number of carbonyl (C=O) groups is 2. The van der Waals surface area contributed by atoms with Crippen molar-refractivity contribution in [2.45, 2.75) is 19.3 Å². The maximum atomic E-state index is 12.9. The van der Waals surface area contributed by atoms with Crippen LogP contribution in [0.15, 0.2) is 84.9 Å². The number of esters is 1. The molecule has 0 aromatic heterocycles. The van der Waals surface area contributed by atoms with E-state index in [1.165, 1.54) is 0 Å². The van der Waals surface area contributed by atoms with Crippen molar-refractivity contribution >= 4 is 11.8 Å². The Morgan fingerprint density at radius 3 is 1.70 bits per heavy atom. The fourth-order valence-electron chi connectivity index (χ4n) is 3.11. The van der Waals surface area contributed by atoms with E-state index >= 15 is 0 Å². The van der Waals surface area contributed by atoms with Crippen LogP contribution in [0.1, 0.15) is 51.1 Å². The Bertz CT molecular complexity index is 844. The first-order valence-corrected chi connectivity index (χ1v) is 9.09. The summed E-state index contributed by atoms with van der Waals surface area (Å²) in [6.07, 6.45) is 0.368. The minimum atomic E-state index is -0.372. The van der Waals surface area contributed by atoms with Crippen molar-refractivity contribution < 1.29 is 14.3 Å². The number of benzene rings is 3. The zero-order chi connectivity index (χ0) is 19.1. The van der Waals surface area contributed by atoms with Gasteiger partial charge in [-0.2, -0.15) is 0 Å². The first-order valence-electron chi connectivity index (χ1n) is 9.09. The van der Waals surface area contributed by atoms with Crippen molar-refractivity contribution in [3.63, 3.8) is 0 Å². The molecule has 0 unspecified atom stereocenters. The second-order valence-corrected chi connectivity index (χ2v) is 6.30. The van der Waals surface area contributed by atoms with Gasteiger partial charge in [0.05, 0.1) is 12.2 Å². The normalized spacial score (nSPS) is 10.6. The molecule has 3 aromatic carbocycles. The predicted molar refractivity (Wildman–Crippen MR) is 106 cm³/mol. The summed E-state index contributed by atoms with van der Waals surface area (Å²) in [4.78, 5) is 24.7. The van der Waals surface area contributed by atoms with Gasteiger partial charge in [0.2, 0.25) is 0 Å². The van der Waals surface area contributed by atoms with Crippen molar-refractivity contribution in [1.29, 1.82) is 0 Å². The molecule has 3 nitrogen and oxygen atoms in total. The molecule has 136 valence electrons. The van der Waals surface area contributed by atoms with Crippen molar-refractivity contribution in [2.75, 3.05) is 6.61 Å². The Morgan fingerprint density at radius 1 is 0.741 bits per heavy atom. The molecule has 0 aliphatic carbocycles. The first-order chi connectivity index (χ1) is 13.2. The van der Waals surface area contributed by atoms with Crippen LogP contribution in [-0.4, -0.2) is 18.4 Å². The summed E-state index contributed by atoms with van der Waals surface area (Å²) in [7, 11) is 0. The maximum Gasteiger partial charge on any atom is 0.338 e. The molecular formula is C24H22O3. The number of rotatable bonds is 7. The van der Waals surface area contributed by atoms with E-state index in [-0.39, 0.29) is 17.7 Å². The molecule has 0 fully saturated rings. The standard InChI is InChI=1S/C24H22O3/c1-2-27-24(26)21-15-13-20(14-16-21)23(25)17-22(18-9-5-3-6-10-18)19-11-7-4-8-12-19/h3-16,22H,2,17H2,1H3. The van der Waals surface area contributed by atoms with E-state index in [4.69, 9.17) is 4.74 Å². The number of carbonyl (C=O) groups excluding carboxylic acids is 2. The lowest BCUT2D eigenvalue weighted by Crippen LogP contribution is -2.10. The second-order valence-electron chi connectivity index (χ2n) is 6.30. The fraction of sp³-hybridized carbons (Fsp3) is 0.167. The van der Waals surface area contributed by atoms with Crippen LogP contribution in [0.25, 0.3) is 0 Å². The van der Waals surface area contributed by atoms with Crippen molar-refractivity contribution in [1.82, 2.24) is 0 Å². The van der Waals surface area contributed by atoms with Gasteiger partial charge in [-0.25, -0.2) is 4.79 Å². The van der Waals surface area contributed by atoms with Gasteiger partial charge < -0.3 is 4.74 Å². The Labute approximate surface area is 159 Å². The molecule has 0 N–H and O–H groups in total. The van der Waals surface area contributed by atoms with Crippen LogP contribution < -0.4 is 0 Å². The summed E-state index contributed by atoms with van der Waals surface area (Å²) >= 11 is 0. The van der Waals surface area contributed by atoms with Gasteiger partial charge in [0, 0.05) is 17.9 Å². The fourth-order valence-corrected chi connectivity index (χ4v) is 3.11. The molecule has 3 heteroatoms. The highest BCUT2D eigenvalue weighted by atomic mass is 16.5. The molecule has 27 heavy (non-hydrogen) atoms. The van der Waals surface area contributed by atoms with E-state index < -0.39 is 0 Å². The van der Waals surface area contributed by atoms with Gasteiger partial charge >= 0.3 is 5.97 Å². The molecule has 3 aromatic rings. The van der Waals surface area contributed by atoms with E-state index in [0.29, 0.717) is 24.2 Å². The minimum absolute atomic E-state index is 0.00960. The molecule has 3 rings (SSSR count). The second kappa shape index (κ2) is 8.95. The van der Waals surface area contributed by atoms with Crippen LogP contribution >= 0.6 is 0 Å². The van der Waals surface area contributed by atoms with E-state index in [1.807, 2.05) is 36.4 Å². The lowest BCUT2D eigenvalue weighted by Gasteiger charge is -2.17. The van der Waals surface area contributed by atoms with E-state index in [0.717, 1.165) is 11.1 Å². The topological polar surface area (TPSA) is 43.4 Å². The van der Waals surface area contributed by atoms with E-state index in [2.05, 4.69) is 24.3 Å². The lowest BCUT2D eigenvalue weighted by molar-refractivity contribution is 0.0526. The summed E-state index contributed by atoms with van der Waals surface area (Å²) in [5.41, 5.74) is 3.27. The zero-order valence-corrected chi connectivity index (χ0v) is 15.3. The summed E-state index contributed by atoms with van der Waals surface area (Å²) < 4.78 is 4.98. The smallest absolute Gasteiger partial charge is 0.338 e. The highest BCUT2D eigenvalue weighted by molar-refractivity contribution is 5.98. The monoisotopic (exact) mass is 358 g/mol. The third-order valence-electron chi connectivity index (χ3n) is 4.51. The zero-order valence-electron chi connectivity index (χ0n) is 15.3. The molecule has 0 spiro atoms. The van der Waals surface area contributed by atoms with Crippen molar-refractivity contribution in [3.8, 4) is 0 Å². The molecule has 0 saturated heterocycles. The van der Waals surface area contributed by atoms with Gasteiger partial charge in [0.15, 0.2) is 5.78 Å². The molecule has 0 bridgehead atoms. The summed E-state index contributed by atoms with van der Waals surface area (Å²) in [5, 5.41) is 0. The summed E-state index contributed by atoms with van der Waals surface area (Å²) in [5.74, 6) is -0.337. The Hall–Kier alpha value is -3.20. The van der Waals surface area contributed by atoms with Crippen LogP contribution in [0.5, 0.6) is 0 Å². The van der Waals surface area contributed by atoms with Gasteiger partial charge in [-0.15, -0.1) is 0 Å². The highest BCUT2D eigenvalue weighted by Crippen LogP contribution is 2.29. The average molecular weight is 358 g/mol. The van der Waals surface area contributed by atoms with Gasteiger partial charge in [0.1, 0.15) is 0 Å². The van der Waals surface area contributed by atoms with Crippen LogP contribution in [0.2, 0.25) is 0 Å².